The van der Waals surface area contributed by atoms with Gasteiger partial charge in [-0.3, -0.25) is 9.59 Å². The maximum atomic E-state index is 12.9. The fraction of sp³-hybridized carbons (Fsp3) is 0.417. The highest BCUT2D eigenvalue weighted by Crippen LogP contribution is 2.50. The summed E-state index contributed by atoms with van der Waals surface area (Å²) in [4.78, 5) is 29.4. The van der Waals surface area contributed by atoms with Gasteiger partial charge in [-0.05, 0) is 47.6 Å². The van der Waals surface area contributed by atoms with Gasteiger partial charge in [-0.2, -0.15) is 0 Å². The topological polar surface area (TPSA) is 40.6 Å². The van der Waals surface area contributed by atoms with E-state index < -0.39 is 0 Å². The van der Waals surface area contributed by atoms with E-state index >= 15 is 0 Å². The molecule has 1 aliphatic heterocycles. The number of carbonyl (C=O) groups excluding carboxylic acids is 2. The third-order valence-corrected chi connectivity index (χ3v) is 6.46. The Labute approximate surface area is 177 Å². The van der Waals surface area contributed by atoms with Crippen molar-refractivity contribution in [3.63, 3.8) is 0 Å². The Hall–Kier alpha value is -2.33. The first-order valence-corrected chi connectivity index (χ1v) is 10.8. The molecule has 0 radical (unpaired) electrons. The van der Waals surface area contributed by atoms with Gasteiger partial charge in [-0.15, -0.1) is 0 Å². The second-order valence-electron chi connectivity index (χ2n) is 8.36. The Bertz CT molecular complexity index is 901. The number of amides is 2. The lowest BCUT2D eigenvalue weighted by Crippen LogP contribution is -2.51. The van der Waals surface area contributed by atoms with Crippen LogP contribution in [0.4, 0.5) is 0 Å². The van der Waals surface area contributed by atoms with Gasteiger partial charge in [-0.1, -0.05) is 55.8 Å². The van der Waals surface area contributed by atoms with Crippen LogP contribution in [-0.4, -0.2) is 47.8 Å². The summed E-state index contributed by atoms with van der Waals surface area (Å²) in [5.74, 6) is 0.956. The lowest BCUT2D eigenvalue weighted by molar-refractivity contribution is -0.134. The molecule has 5 heteroatoms. The van der Waals surface area contributed by atoms with Crippen LogP contribution >= 0.6 is 11.6 Å². The van der Waals surface area contributed by atoms with Crippen LogP contribution in [0, 0.1) is 5.92 Å². The van der Waals surface area contributed by atoms with Gasteiger partial charge < -0.3 is 9.80 Å². The van der Waals surface area contributed by atoms with E-state index in [1.807, 2.05) is 58.3 Å². The Morgan fingerprint density at radius 2 is 1.55 bits per heavy atom. The van der Waals surface area contributed by atoms with Crippen LogP contribution in [0.2, 0.25) is 5.02 Å². The quantitative estimate of drug-likeness (QED) is 0.741. The normalized spacial score (nSPS) is 21.4. The van der Waals surface area contributed by atoms with Crippen molar-refractivity contribution < 1.29 is 9.59 Å². The maximum absolute atomic E-state index is 12.9. The summed E-state index contributed by atoms with van der Waals surface area (Å²) in [5.41, 5.74) is 3.02. The molecule has 2 amide bonds. The predicted octanol–water partition coefficient (Wildman–Crippen LogP) is 4.55. The minimum atomic E-state index is 0.0285. The molecule has 2 fully saturated rings. The van der Waals surface area contributed by atoms with Crippen molar-refractivity contribution in [2.75, 3.05) is 26.2 Å². The molecule has 1 aliphatic carbocycles. The van der Waals surface area contributed by atoms with E-state index in [9.17, 15) is 9.59 Å². The van der Waals surface area contributed by atoms with Crippen LogP contribution in [0.1, 0.15) is 53.6 Å². The van der Waals surface area contributed by atoms with E-state index in [1.54, 1.807) is 0 Å². The SMILES string of the molecule is CC(C)c1ccc(C(=O)N2CCN(C(=O)C3CC3c3ccccc3Cl)CC2)cc1. The van der Waals surface area contributed by atoms with Gasteiger partial charge in [0, 0.05) is 42.7 Å². The lowest BCUT2D eigenvalue weighted by atomic mass is 10.0. The first-order valence-electron chi connectivity index (χ1n) is 10.4. The van der Waals surface area contributed by atoms with E-state index in [2.05, 4.69) is 13.8 Å². The third-order valence-electron chi connectivity index (χ3n) is 6.12. The Kier molecular flexibility index (Phi) is 5.64. The molecule has 0 N–H and O–H groups in total. The summed E-state index contributed by atoms with van der Waals surface area (Å²) in [6.07, 6.45) is 0.865. The van der Waals surface area contributed by atoms with E-state index in [4.69, 9.17) is 11.6 Å². The van der Waals surface area contributed by atoms with Crippen LogP contribution < -0.4 is 0 Å². The fourth-order valence-electron chi connectivity index (χ4n) is 4.15. The summed E-state index contributed by atoms with van der Waals surface area (Å²) in [6.45, 7) is 6.65. The summed E-state index contributed by atoms with van der Waals surface area (Å²) in [5, 5.41) is 0.742. The minimum absolute atomic E-state index is 0.0285. The molecule has 2 aromatic carbocycles. The Morgan fingerprint density at radius 3 is 2.17 bits per heavy atom. The van der Waals surface area contributed by atoms with Gasteiger partial charge in [0.1, 0.15) is 0 Å². The molecule has 1 saturated carbocycles. The van der Waals surface area contributed by atoms with Gasteiger partial charge >= 0.3 is 0 Å². The van der Waals surface area contributed by atoms with Gasteiger partial charge in [0.2, 0.25) is 5.91 Å². The molecule has 0 aromatic heterocycles. The average Bonchev–Trinajstić information content (AvgIpc) is 3.54. The summed E-state index contributed by atoms with van der Waals surface area (Å²) in [6, 6.07) is 15.7. The van der Waals surface area contributed by atoms with Crippen molar-refractivity contribution in [3.05, 3.63) is 70.2 Å². The molecule has 1 heterocycles. The molecule has 4 nitrogen and oxygen atoms in total. The number of hydrogen-bond donors (Lipinski definition) is 0. The van der Waals surface area contributed by atoms with Gasteiger partial charge in [0.25, 0.3) is 5.91 Å². The Morgan fingerprint density at radius 1 is 0.931 bits per heavy atom. The monoisotopic (exact) mass is 410 g/mol. The maximum Gasteiger partial charge on any atom is 0.253 e. The fourth-order valence-corrected chi connectivity index (χ4v) is 4.42. The van der Waals surface area contributed by atoms with Crippen LogP contribution in [-0.2, 0) is 4.79 Å². The third kappa shape index (κ3) is 4.18. The lowest BCUT2D eigenvalue weighted by Gasteiger charge is -2.35. The molecule has 29 heavy (non-hydrogen) atoms. The zero-order valence-electron chi connectivity index (χ0n) is 17.0. The second kappa shape index (κ2) is 8.19. The molecule has 0 bridgehead atoms. The summed E-state index contributed by atoms with van der Waals surface area (Å²) >= 11 is 6.29. The molecule has 4 rings (SSSR count). The van der Waals surface area contributed by atoms with Crippen molar-refractivity contribution >= 4 is 23.4 Å². The number of piperazine rings is 1. The first kappa shape index (κ1) is 20.0. The standard InChI is InChI=1S/C24H27ClN2O2/c1-16(2)17-7-9-18(10-8-17)23(28)26-11-13-27(14-12-26)24(29)21-15-20(21)19-5-3-4-6-22(19)25/h3-10,16,20-21H,11-15H2,1-2H3. The van der Waals surface area contributed by atoms with Crippen LogP contribution in [0.25, 0.3) is 0 Å². The molecular formula is C24H27ClN2O2. The molecule has 0 spiro atoms. The molecular weight excluding hydrogens is 384 g/mol. The second-order valence-corrected chi connectivity index (χ2v) is 8.77. The molecule has 2 aromatic rings. The number of rotatable bonds is 4. The van der Waals surface area contributed by atoms with Gasteiger partial charge in [0.15, 0.2) is 0 Å². The van der Waals surface area contributed by atoms with Crippen molar-refractivity contribution in [1.82, 2.24) is 9.80 Å². The van der Waals surface area contributed by atoms with Crippen molar-refractivity contribution in [3.8, 4) is 0 Å². The molecule has 2 atom stereocenters. The summed E-state index contributed by atoms with van der Waals surface area (Å²) in [7, 11) is 0. The van der Waals surface area contributed by atoms with Gasteiger partial charge in [0.05, 0.1) is 0 Å². The highest BCUT2D eigenvalue weighted by atomic mass is 35.5. The van der Waals surface area contributed by atoms with Crippen LogP contribution in [0.15, 0.2) is 48.5 Å². The summed E-state index contributed by atoms with van der Waals surface area (Å²) < 4.78 is 0. The first-order chi connectivity index (χ1) is 14.0. The zero-order chi connectivity index (χ0) is 20.5. The number of benzene rings is 2. The average molecular weight is 411 g/mol. The van der Waals surface area contributed by atoms with Crippen molar-refractivity contribution in [1.29, 1.82) is 0 Å². The van der Waals surface area contributed by atoms with E-state index in [-0.39, 0.29) is 23.7 Å². The van der Waals surface area contributed by atoms with E-state index in [0.29, 0.717) is 32.1 Å². The molecule has 1 saturated heterocycles. The number of halogens is 1. The smallest absolute Gasteiger partial charge is 0.253 e. The van der Waals surface area contributed by atoms with Crippen molar-refractivity contribution in [2.45, 2.75) is 32.1 Å². The molecule has 152 valence electrons. The molecule has 2 aliphatic rings. The number of carbonyl (C=O) groups is 2. The largest absolute Gasteiger partial charge is 0.339 e. The van der Waals surface area contributed by atoms with Crippen molar-refractivity contribution in [2.24, 2.45) is 5.92 Å². The number of nitrogens with zero attached hydrogens (tertiary/aromatic N) is 2. The predicted molar refractivity (Wildman–Crippen MR) is 115 cm³/mol. The highest BCUT2D eigenvalue weighted by Gasteiger charge is 2.46. The Balaban J connectivity index is 1.32. The van der Waals surface area contributed by atoms with E-state index in [1.165, 1.54) is 5.56 Å². The van der Waals surface area contributed by atoms with Gasteiger partial charge in [-0.25, -0.2) is 0 Å². The zero-order valence-corrected chi connectivity index (χ0v) is 17.7. The number of hydrogen-bond acceptors (Lipinski definition) is 2. The van der Waals surface area contributed by atoms with E-state index in [0.717, 1.165) is 22.6 Å². The van der Waals surface area contributed by atoms with Crippen LogP contribution in [0.3, 0.4) is 0 Å². The van der Waals surface area contributed by atoms with Crippen LogP contribution in [0.5, 0.6) is 0 Å². The minimum Gasteiger partial charge on any atom is -0.339 e. The molecule has 2 unspecified atom stereocenters. The highest BCUT2D eigenvalue weighted by molar-refractivity contribution is 6.31.